The van der Waals surface area contributed by atoms with Gasteiger partial charge in [0.15, 0.2) is 0 Å². The van der Waals surface area contributed by atoms with Gasteiger partial charge < -0.3 is 10.6 Å². The molecule has 1 heterocycles. The van der Waals surface area contributed by atoms with Gasteiger partial charge in [0.25, 0.3) is 0 Å². The van der Waals surface area contributed by atoms with Crippen LogP contribution in [-0.2, 0) is 5.54 Å². The molecule has 18 heavy (non-hydrogen) atoms. The van der Waals surface area contributed by atoms with Crippen molar-refractivity contribution in [2.24, 2.45) is 11.1 Å². The molecule has 1 saturated carbocycles. The molecule has 3 heteroatoms. The van der Waals surface area contributed by atoms with Gasteiger partial charge >= 0.3 is 0 Å². The van der Waals surface area contributed by atoms with Crippen molar-refractivity contribution in [2.45, 2.75) is 45.1 Å². The summed E-state index contributed by atoms with van der Waals surface area (Å²) < 4.78 is 0. The summed E-state index contributed by atoms with van der Waals surface area (Å²) in [5.74, 6) is 0.984. The minimum Gasteiger partial charge on any atom is -0.363 e. The predicted octanol–water partition coefficient (Wildman–Crippen LogP) is 2.90. The Kier molecular flexibility index (Phi) is 3.37. The quantitative estimate of drug-likeness (QED) is 0.873. The van der Waals surface area contributed by atoms with Crippen LogP contribution >= 0.6 is 0 Å². The van der Waals surface area contributed by atoms with Crippen molar-refractivity contribution in [3.63, 3.8) is 0 Å². The van der Waals surface area contributed by atoms with E-state index < -0.39 is 0 Å². The van der Waals surface area contributed by atoms with Gasteiger partial charge in [-0.1, -0.05) is 26.3 Å². The highest BCUT2D eigenvalue weighted by Crippen LogP contribution is 2.44. The summed E-state index contributed by atoms with van der Waals surface area (Å²) in [6.07, 6.45) is 6.55. The second-order valence-electron chi connectivity index (χ2n) is 6.65. The zero-order chi connectivity index (χ0) is 13.4. The Morgan fingerprint density at radius 1 is 1.22 bits per heavy atom. The summed E-state index contributed by atoms with van der Waals surface area (Å²) in [4.78, 5) is 6.50. The number of rotatable bonds is 2. The Morgan fingerprint density at radius 2 is 1.94 bits per heavy atom. The van der Waals surface area contributed by atoms with Crippen molar-refractivity contribution < 1.29 is 0 Å². The highest BCUT2D eigenvalue weighted by molar-refractivity contribution is 5.39. The van der Waals surface area contributed by atoms with E-state index in [0.717, 1.165) is 18.7 Å². The Labute approximate surface area is 110 Å². The second kappa shape index (κ2) is 4.54. The third-order valence-electron chi connectivity index (χ3n) is 4.05. The first-order valence-electron chi connectivity index (χ1n) is 6.75. The molecule has 0 aromatic carbocycles. The fourth-order valence-corrected chi connectivity index (χ4v) is 3.10. The minimum absolute atomic E-state index is 0.195. The van der Waals surface area contributed by atoms with Gasteiger partial charge in [-0.05, 0) is 36.3 Å². The third kappa shape index (κ3) is 2.66. The lowest BCUT2D eigenvalue weighted by atomic mass is 9.66. The summed E-state index contributed by atoms with van der Waals surface area (Å²) in [6, 6.07) is 4.20. The smallest absolute Gasteiger partial charge is 0.127 e. The number of nitrogens with zero attached hydrogens (tertiary/aromatic N) is 2. The number of hydrogen-bond acceptors (Lipinski definition) is 3. The molecule has 2 rings (SSSR count). The van der Waals surface area contributed by atoms with Gasteiger partial charge in [-0.25, -0.2) is 4.98 Å². The Hall–Kier alpha value is -1.09. The van der Waals surface area contributed by atoms with Crippen LogP contribution in [0.3, 0.4) is 0 Å². The number of pyridine rings is 1. The summed E-state index contributed by atoms with van der Waals surface area (Å²) in [7, 11) is 4.01. The summed E-state index contributed by atoms with van der Waals surface area (Å²) >= 11 is 0. The van der Waals surface area contributed by atoms with Crippen LogP contribution in [0.15, 0.2) is 18.3 Å². The van der Waals surface area contributed by atoms with Crippen LogP contribution in [0.1, 0.15) is 45.1 Å². The van der Waals surface area contributed by atoms with Gasteiger partial charge in [-0.15, -0.1) is 0 Å². The van der Waals surface area contributed by atoms with E-state index in [0.29, 0.717) is 5.41 Å². The first-order valence-corrected chi connectivity index (χ1v) is 6.75. The Morgan fingerprint density at radius 3 is 2.44 bits per heavy atom. The molecule has 1 aliphatic carbocycles. The minimum atomic E-state index is -0.195. The summed E-state index contributed by atoms with van der Waals surface area (Å²) in [5.41, 5.74) is 7.96. The van der Waals surface area contributed by atoms with Gasteiger partial charge in [0.2, 0.25) is 0 Å². The van der Waals surface area contributed by atoms with E-state index in [4.69, 9.17) is 5.73 Å². The van der Waals surface area contributed by atoms with E-state index in [1.165, 1.54) is 18.4 Å². The number of nitrogens with two attached hydrogens (primary N) is 1. The molecule has 1 aliphatic rings. The second-order valence-corrected chi connectivity index (χ2v) is 6.65. The fraction of sp³-hybridized carbons (Fsp3) is 0.667. The van der Waals surface area contributed by atoms with Crippen molar-refractivity contribution in [3.05, 3.63) is 23.9 Å². The highest BCUT2D eigenvalue weighted by atomic mass is 15.1. The highest BCUT2D eigenvalue weighted by Gasteiger charge is 2.38. The molecule has 100 valence electrons. The number of anilines is 1. The summed E-state index contributed by atoms with van der Waals surface area (Å²) in [6.45, 7) is 4.63. The van der Waals surface area contributed by atoms with Crippen LogP contribution in [0.2, 0.25) is 0 Å². The lowest BCUT2D eigenvalue weighted by Gasteiger charge is -2.42. The van der Waals surface area contributed by atoms with Crippen LogP contribution in [0, 0.1) is 5.41 Å². The summed E-state index contributed by atoms with van der Waals surface area (Å²) in [5, 5.41) is 0. The maximum Gasteiger partial charge on any atom is 0.127 e. The maximum atomic E-state index is 6.63. The normalized spacial score (nSPS) is 26.9. The van der Waals surface area contributed by atoms with Crippen LogP contribution in [0.4, 0.5) is 5.82 Å². The Balaban J connectivity index is 2.24. The molecule has 1 atom stereocenters. The standard InChI is InChI=1S/C15H25N3/c1-14(2)8-5-9-15(16,11-14)12-6-7-13(17-10-12)18(3)4/h6-7,10H,5,8-9,11,16H2,1-4H3. The SMILES string of the molecule is CN(C)c1ccc(C2(N)CCCC(C)(C)C2)cn1. The first kappa shape index (κ1) is 13.3. The van der Waals surface area contributed by atoms with E-state index in [1.54, 1.807) is 0 Å². The van der Waals surface area contributed by atoms with Crippen molar-refractivity contribution >= 4 is 5.82 Å². The van der Waals surface area contributed by atoms with E-state index in [-0.39, 0.29) is 5.54 Å². The zero-order valence-corrected chi connectivity index (χ0v) is 12.0. The van der Waals surface area contributed by atoms with Crippen molar-refractivity contribution in [2.75, 3.05) is 19.0 Å². The fourth-order valence-electron chi connectivity index (χ4n) is 3.10. The topological polar surface area (TPSA) is 42.1 Å². The van der Waals surface area contributed by atoms with Gasteiger partial charge in [-0.3, -0.25) is 0 Å². The molecule has 1 aromatic rings. The van der Waals surface area contributed by atoms with Gasteiger partial charge in [-0.2, -0.15) is 0 Å². The van der Waals surface area contributed by atoms with Crippen LogP contribution < -0.4 is 10.6 Å². The van der Waals surface area contributed by atoms with E-state index >= 15 is 0 Å². The number of aromatic nitrogens is 1. The van der Waals surface area contributed by atoms with Crippen molar-refractivity contribution in [3.8, 4) is 0 Å². The molecule has 1 fully saturated rings. The molecule has 0 amide bonds. The largest absolute Gasteiger partial charge is 0.363 e. The van der Waals surface area contributed by atoms with Gasteiger partial charge in [0, 0.05) is 25.8 Å². The molecular formula is C15H25N3. The third-order valence-corrected chi connectivity index (χ3v) is 4.05. The average Bonchev–Trinajstić information content (AvgIpc) is 2.27. The molecular weight excluding hydrogens is 222 g/mol. The monoisotopic (exact) mass is 247 g/mol. The lowest BCUT2D eigenvalue weighted by molar-refractivity contribution is 0.151. The maximum absolute atomic E-state index is 6.63. The zero-order valence-electron chi connectivity index (χ0n) is 12.0. The molecule has 0 saturated heterocycles. The number of hydrogen-bond donors (Lipinski definition) is 1. The predicted molar refractivity (Wildman–Crippen MR) is 76.7 cm³/mol. The molecule has 0 bridgehead atoms. The molecule has 3 nitrogen and oxygen atoms in total. The van der Waals surface area contributed by atoms with Crippen LogP contribution in [-0.4, -0.2) is 19.1 Å². The van der Waals surface area contributed by atoms with E-state index in [1.807, 2.05) is 25.2 Å². The molecule has 1 unspecified atom stereocenters. The van der Waals surface area contributed by atoms with Crippen molar-refractivity contribution in [1.82, 2.24) is 4.98 Å². The average molecular weight is 247 g/mol. The van der Waals surface area contributed by atoms with E-state index in [2.05, 4.69) is 31.0 Å². The van der Waals surface area contributed by atoms with Crippen molar-refractivity contribution in [1.29, 1.82) is 0 Å². The van der Waals surface area contributed by atoms with Crippen LogP contribution in [0.5, 0.6) is 0 Å². The molecule has 0 aliphatic heterocycles. The van der Waals surface area contributed by atoms with Gasteiger partial charge in [0.05, 0.1) is 0 Å². The lowest BCUT2D eigenvalue weighted by Crippen LogP contribution is -2.44. The molecule has 0 spiro atoms. The first-order chi connectivity index (χ1) is 8.32. The Bertz CT molecular complexity index is 408. The van der Waals surface area contributed by atoms with Crippen LogP contribution in [0.25, 0.3) is 0 Å². The molecule has 0 radical (unpaired) electrons. The molecule has 1 aromatic heterocycles. The van der Waals surface area contributed by atoms with E-state index in [9.17, 15) is 0 Å². The molecule has 2 N–H and O–H groups in total. The van der Waals surface area contributed by atoms with Gasteiger partial charge in [0.1, 0.15) is 5.82 Å².